The van der Waals surface area contributed by atoms with Crippen molar-refractivity contribution in [2.45, 2.75) is 26.3 Å². The van der Waals surface area contributed by atoms with E-state index in [-0.39, 0.29) is 6.04 Å². The zero-order valence-electron chi connectivity index (χ0n) is 12.0. The third kappa shape index (κ3) is 3.35. The van der Waals surface area contributed by atoms with E-state index >= 15 is 0 Å². The molecule has 20 heavy (non-hydrogen) atoms. The predicted molar refractivity (Wildman–Crippen MR) is 84.5 cm³/mol. The normalized spacial score (nSPS) is 12.7. The SMILES string of the molecule is CCNC(Cc1cc(Cl)ccc1Cl)c1cnn(C)c1C. The van der Waals surface area contributed by atoms with Crippen LogP contribution in [0.25, 0.3) is 0 Å². The number of hydrogen-bond donors (Lipinski definition) is 1. The van der Waals surface area contributed by atoms with Crippen molar-refractivity contribution in [3.05, 3.63) is 51.3 Å². The van der Waals surface area contributed by atoms with Crippen molar-refractivity contribution in [3.63, 3.8) is 0 Å². The van der Waals surface area contributed by atoms with Gasteiger partial charge < -0.3 is 5.32 Å². The topological polar surface area (TPSA) is 29.9 Å². The minimum absolute atomic E-state index is 0.185. The summed E-state index contributed by atoms with van der Waals surface area (Å²) in [4.78, 5) is 0. The molecule has 1 heterocycles. The number of aromatic nitrogens is 2. The lowest BCUT2D eigenvalue weighted by atomic mass is 9.99. The maximum Gasteiger partial charge on any atom is 0.0540 e. The van der Waals surface area contributed by atoms with Gasteiger partial charge in [-0.1, -0.05) is 30.1 Å². The number of benzene rings is 1. The molecule has 2 aromatic rings. The highest BCUT2D eigenvalue weighted by atomic mass is 35.5. The summed E-state index contributed by atoms with van der Waals surface area (Å²) in [5, 5.41) is 9.27. The first-order valence-corrected chi connectivity index (χ1v) is 7.44. The second-order valence-electron chi connectivity index (χ2n) is 4.86. The first-order chi connectivity index (χ1) is 9.52. The van der Waals surface area contributed by atoms with Gasteiger partial charge in [-0.2, -0.15) is 5.10 Å². The van der Waals surface area contributed by atoms with Gasteiger partial charge >= 0.3 is 0 Å². The van der Waals surface area contributed by atoms with Crippen molar-refractivity contribution in [2.75, 3.05) is 6.54 Å². The standard InChI is InChI=1S/C15H19Cl2N3/c1-4-18-15(13-9-19-20(3)10(13)2)8-11-7-12(16)5-6-14(11)17/h5-7,9,15,18H,4,8H2,1-3H3. The quantitative estimate of drug-likeness (QED) is 0.906. The summed E-state index contributed by atoms with van der Waals surface area (Å²) in [6.07, 6.45) is 2.71. The largest absolute Gasteiger partial charge is 0.310 e. The van der Waals surface area contributed by atoms with E-state index in [4.69, 9.17) is 23.2 Å². The molecule has 0 aliphatic heterocycles. The lowest BCUT2D eigenvalue weighted by Crippen LogP contribution is -2.23. The second-order valence-corrected chi connectivity index (χ2v) is 5.70. The van der Waals surface area contributed by atoms with Gasteiger partial charge in [0, 0.05) is 34.4 Å². The van der Waals surface area contributed by atoms with Gasteiger partial charge in [0.2, 0.25) is 0 Å². The van der Waals surface area contributed by atoms with Crippen molar-refractivity contribution < 1.29 is 0 Å². The molecule has 2 rings (SSSR count). The van der Waals surface area contributed by atoms with Gasteiger partial charge in [0.05, 0.1) is 6.20 Å². The molecule has 1 atom stereocenters. The van der Waals surface area contributed by atoms with Crippen molar-refractivity contribution in [3.8, 4) is 0 Å². The lowest BCUT2D eigenvalue weighted by Gasteiger charge is -2.19. The van der Waals surface area contributed by atoms with Crippen LogP contribution in [0.15, 0.2) is 24.4 Å². The molecule has 5 heteroatoms. The Balaban J connectivity index is 2.30. The molecule has 0 amide bonds. The molecule has 0 aliphatic carbocycles. The molecule has 0 saturated carbocycles. The minimum atomic E-state index is 0.185. The molecule has 0 fully saturated rings. The average molecular weight is 312 g/mol. The lowest BCUT2D eigenvalue weighted by molar-refractivity contribution is 0.546. The third-order valence-electron chi connectivity index (χ3n) is 3.53. The maximum atomic E-state index is 6.27. The fourth-order valence-corrected chi connectivity index (χ4v) is 2.71. The Kier molecular flexibility index (Phi) is 5.08. The smallest absolute Gasteiger partial charge is 0.0540 e. The van der Waals surface area contributed by atoms with Gasteiger partial charge in [-0.15, -0.1) is 0 Å². The number of halogens is 2. The van der Waals surface area contributed by atoms with Gasteiger partial charge in [-0.05, 0) is 43.7 Å². The Hall–Kier alpha value is -1.03. The predicted octanol–water partition coefficient (Wildman–Crippen LogP) is 3.93. The highest BCUT2D eigenvalue weighted by Crippen LogP contribution is 2.27. The Labute approximate surface area is 129 Å². The molecular formula is C15H19Cl2N3. The van der Waals surface area contributed by atoms with Gasteiger partial charge in [-0.25, -0.2) is 0 Å². The van der Waals surface area contributed by atoms with Gasteiger partial charge in [0.25, 0.3) is 0 Å². The molecular weight excluding hydrogens is 293 g/mol. The van der Waals surface area contributed by atoms with Crippen LogP contribution in [0, 0.1) is 6.92 Å². The molecule has 1 aromatic carbocycles. The molecule has 3 nitrogen and oxygen atoms in total. The van der Waals surface area contributed by atoms with Gasteiger partial charge in [0.15, 0.2) is 0 Å². The highest BCUT2D eigenvalue weighted by Gasteiger charge is 2.17. The number of rotatable bonds is 5. The van der Waals surface area contributed by atoms with Crippen molar-refractivity contribution in [2.24, 2.45) is 7.05 Å². The molecule has 0 saturated heterocycles. The third-order valence-corrected chi connectivity index (χ3v) is 4.13. The van der Waals surface area contributed by atoms with E-state index in [0.717, 1.165) is 29.2 Å². The van der Waals surface area contributed by atoms with Crippen molar-refractivity contribution in [1.29, 1.82) is 0 Å². The molecule has 0 radical (unpaired) electrons. The highest BCUT2D eigenvalue weighted by molar-refractivity contribution is 6.33. The van der Waals surface area contributed by atoms with Gasteiger partial charge in [-0.3, -0.25) is 4.68 Å². The molecule has 0 bridgehead atoms. The molecule has 1 aromatic heterocycles. The minimum Gasteiger partial charge on any atom is -0.310 e. The summed E-state index contributed by atoms with van der Waals surface area (Å²) in [5.74, 6) is 0. The summed E-state index contributed by atoms with van der Waals surface area (Å²) in [6.45, 7) is 5.06. The summed E-state index contributed by atoms with van der Waals surface area (Å²) in [7, 11) is 1.95. The molecule has 0 aliphatic rings. The summed E-state index contributed by atoms with van der Waals surface area (Å²) in [6, 6.07) is 5.77. The van der Waals surface area contributed by atoms with Crippen LogP contribution < -0.4 is 5.32 Å². The van der Waals surface area contributed by atoms with Crippen LogP contribution in [-0.4, -0.2) is 16.3 Å². The van der Waals surface area contributed by atoms with E-state index in [1.807, 2.05) is 36.1 Å². The van der Waals surface area contributed by atoms with Crippen LogP contribution in [0.5, 0.6) is 0 Å². The Bertz CT molecular complexity index is 593. The zero-order valence-corrected chi connectivity index (χ0v) is 13.5. The van der Waals surface area contributed by atoms with Crippen LogP contribution in [0.3, 0.4) is 0 Å². The Morgan fingerprint density at radius 1 is 1.35 bits per heavy atom. The van der Waals surface area contributed by atoms with Crippen LogP contribution in [0.2, 0.25) is 10.0 Å². The molecule has 108 valence electrons. The number of nitrogens with zero attached hydrogens (tertiary/aromatic N) is 2. The fraction of sp³-hybridized carbons (Fsp3) is 0.400. The fourth-order valence-electron chi connectivity index (χ4n) is 2.32. The van der Waals surface area contributed by atoms with Crippen LogP contribution in [-0.2, 0) is 13.5 Å². The Morgan fingerprint density at radius 3 is 2.70 bits per heavy atom. The second kappa shape index (κ2) is 6.61. The van der Waals surface area contributed by atoms with E-state index in [2.05, 4.69) is 24.3 Å². The number of nitrogens with one attached hydrogen (secondary N) is 1. The maximum absolute atomic E-state index is 6.27. The summed E-state index contributed by atoms with van der Waals surface area (Å²) < 4.78 is 1.89. The monoisotopic (exact) mass is 311 g/mol. The van der Waals surface area contributed by atoms with Crippen molar-refractivity contribution >= 4 is 23.2 Å². The summed E-state index contributed by atoms with van der Waals surface area (Å²) in [5.41, 5.74) is 3.41. The van der Waals surface area contributed by atoms with Crippen LogP contribution in [0.4, 0.5) is 0 Å². The van der Waals surface area contributed by atoms with Crippen molar-refractivity contribution in [1.82, 2.24) is 15.1 Å². The zero-order chi connectivity index (χ0) is 14.7. The molecule has 1 unspecified atom stereocenters. The van der Waals surface area contributed by atoms with E-state index in [1.165, 1.54) is 5.56 Å². The molecule has 0 spiro atoms. The number of likely N-dealkylation sites (N-methyl/N-ethyl adjacent to an activating group) is 1. The number of hydrogen-bond acceptors (Lipinski definition) is 2. The van der Waals surface area contributed by atoms with Crippen LogP contribution in [0.1, 0.15) is 29.8 Å². The Morgan fingerprint density at radius 2 is 2.10 bits per heavy atom. The van der Waals surface area contributed by atoms with Gasteiger partial charge in [0.1, 0.15) is 0 Å². The first-order valence-electron chi connectivity index (χ1n) is 6.68. The summed E-state index contributed by atoms with van der Waals surface area (Å²) >= 11 is 12.3. The van der Waals surface area contributed by atoms with Crippen LogP contribution >= 0.6 is 23.2 Å². The average Bonchev–Trinajstić information content (AvgIpc) is 2.74. The molecule has 1 N–H and O–H groups in total. The van der Waals surface area contributed by atoms with E-state index in [1.54, 1.807) is 0 Å². The van der Waals surface area contributed by atoms with E-state index in [9.17, 15) is 0 Å². The number of aryl methyl sites for hydroxylation is 1. The van der Waals surface area contributed by atoms with E-state index in [0.29, 0.717) is 5.02 Å². The first kappa shape index (κ1) is 15.4. The van der Waals surface area contributed by atoms with E-state index < -0.39 is 0 Å².